The number of nitrogens with zero attached hydrogens (tertiary/aromatic N) is 2. The number of aryl methyl sites for hydroxylation is 2. The van der Waals surface area contributed by atoms with Gasteiger partial charge in [-0.3, -0.25) is 19.2 Å². The summed E-state index contributed by atoms with van der Waals surface area (Å²) in [7, 11) is -9.84. The molecule has 0 fully saturated rings. The van der Waals surface area contributed by atoms with Crippen molar-refractivity contribution in [2.45, 2.75) is 54.2 Å². The number of amides is 4. The van der Waals surface area contributed by atoms with Crippen molar-refractivity contribution in [3.05, 3.63) is 129 Å². The van der Waals surface area contributed by atoms with Gasteiger partial charge in [0.25, 0.3) is 23.6 Å². The third-order valence-corrected chi connectivity index (χ3v) is 11.4. The monoisotopic (exact) mass is 810 g/mol. The van der Waals surface area contributed by atoms with Gasteiger partial charge in [-0.15, -0.1) is 18.7 Å². The first-order chi connectivity index (χ1) is 25.6. The van der Waals surface area contributed by atoms with Crippen LogP contribution in [0.25, 0.3) is 0 Å². The molecule has 4 aromatic carbocycles. The van der Waals surface area contributed by atoms with Gasteiger partial charge in [-0.2, -0.15) is 43.2 Å². The number of carbonyl (C=O) groups excluding carboxylic acids is 4. The van der Waals surface area contributed by atoms with Crippen LogP contribution in [0.3, 0.4) is 0 Å². The molecular weight excluding hydrogens is 787 g/mol. The maximum Gasteiger partial charge on any atom is 0.411 e. The van der Waals surface area contributed by atoms with Crippen LogP contribution in [0.15, 0.2) is 94.7 Å². The molecule has 288 valence electrons. The van der Waals surface area contributed by atoms with Gasteiger partial charge in [0.05, 0.1) is 32.0 Å². The number of fused-ring (bicyclic) bond motifs is 2. The normalized spacial score (nSPS) is 15.2. The van der Waals surface area contributed by atoms with E-state index in [1.165, 1.54) is 24.3 Å². The molecule has 2 heterocycles. The fourth-order valence-corrected chi connectivity index (χ4v) is 7.86. The van der Waals surface area contributed by atoms with E-state index < -0.39 is 105 Å². The van der Waals surface area contributed by atoms with E-state index in [9.17, 15) is 36.0 Å². The summed E-state index contributed by atoms with van der Waals surface area (Å²) in [5.41, 5.74) is -10.8. The summed E-state index contributed by atoms with van der Waals surface area (Å²) in [6.45, 7) is 3.55. The fraction of sp³-hybridized carbons (Fsp3) is 0.200. The lowest BCUT2D eigenvalue weighted by atomic mass is 9.71. The van der Waals surface area contributed by atoms with E-state index in [1.807, 2.05) is 0 Å². The number of hydroxylamine groups is 4. The Labute approximate surface area is 308 Å². The van der Waals surface area contributed by atoms with Crippen LogP contribution in [0.1, 0.15) is 77.5 Å². The maximum atomic E-state index is 15.1. The van der Waals surface area contributed by atoms with Crippen molar-refractivity contribution >= 4 is 43.9 Å². The summed E-state index contributed by atoms with van der Waals surface area (Å²) < 4.78 is 152. The Hall–Kier alpha value is -5.44. The Morgan fingerprint density at radius 2 is 0.800 bits per heavy atom. The lowest BCUT2D eigenvalue weighted by molar-refractivity contribution is -0.288. The number of carbonyl (C=O) groups is 4. The maximum absolute atomic E-state index is 15.1. The minimum Gasteiger partial charge on any atom is -0.266 e. The molecule has 0 bridgehead atoms. The van der Waals surface area contributed by atoms with Crippen LogP contribution in [0.4, 0.5) is 26.3 Å². The number of alkyl halides is 6. The van der Waals surface area contributed by atoms with Crippen LogP contribution in [0.5, 0.6) is 0 Å². The van der Waals surface area contributed by atoms with E-state index in [2.05, 4.69) is 0 Å². The first-order valence-corrected chi connectivity index (χ1v) is 18.7. The number of halogens is 6. The Balaban J connectivity index is 1.39. The number of rotatable bonds is 10. The summed E-state index contributed by atoms with van der Waals surface area (Å²) in [5, 5.41) is -0.637. The van der Waals surface area contributed by atoms with E-state index >= 15 is 26.3 Å². The molecule has 0 unspecified atom stereocenters. The highest BCUT2D eigenvalue weighted by atomic mass is 32.2. The quantitative estimate of drug-likeness (QED) is 0.136. The molecule has 4 aromatic rings. The Kier molecular flexibility index (Phi) is 9.56. The number of hydrogen-bond acceptors (Lipinski definition) is 10. The lowest BCUT2D eigenvalue weighted by Gasteiger charge is -2.38. The van der Waals surface area contributed by atoms with Crippen LogP contribution in [-0.4, -0.2) is 62.9 Å². The fourth-order valence-electron chi connectivity index (χ4n) is 6.09. The molecule has 2 aliphatic rings. The summed E-state index contributed by atoms with van der Waals surface area (Å²) in [6.07, 6.45) is -11.6. The van der Waals surface area contributed by atoms with Crippen LogP contribution < -0.4 is 0 Å². The molecule has 0 N–H and O–H groups in total. The van der Waals surface area contributed by atoms with E-state index in [4.69, 9.17) is 8.57 Å². The highest BCUT2D eigenvalue weighted by Crippen LogP contribution is 2.57. The van der Waals surface area contributed by atoms with E-state index in [1.54, 1.807) is 13.8 Å². The molecule has 20 heteroatoms. The van der Waals surface area contributed by atoms with E-state index in [0.29, 0.717) is 36.1 Å². The highest BCUT2D eigenvalue weighted by molar-refractivity contribution is 7.87. The van der Waals surface area contributed by atoms with Gasteiger partial charge in [0.15, 0.2) is 0 Å². The largest absolute Gasteiger partial charge is 0.411 e. The van der Waals surface area contributed by atoms with Crippen LogP contribution in [-0.2, 0) is 47.1 Å². The molecule has 0 spiro atoms. The molecule has 0 aromatic heterocycles. The summed E-state index contributed by atoms with van der Waals surface area (Å²) in [4.78, 5) is 51.5. The summed E-state index contributed by atoms with van der Waals surface area (Å²) in [6, 6.07) is 11.5. The lowest BCUT2D eigenvalue weighted by Crippen LogP contribution is -2.55. The molecule has 6 rings (SSSR count). The molecular formula is C35H24F6N2O10S2. The van der Waals surface area contributed by atoms with Gasteiger partial charge >= 0.3 is 32.6 Å². The number of imide groups is 2. The molecule has 4 amide bonds. The van der Waals surface area contributed by atoms with Gasteiger partial charge in [-0.05, 0) is 83.6 Å². The molecule has 0 atom stereocenters. The van der Waals surface area contributed by atoms with Crippen molar-refractivity contribution < 1.29 is 70.9 Å². The van der Waals surface area contributed by atoms with E-state index in [-0.39, 0.29) is 34.4 Å². The molecule has 55 heavy (non-hydrogen) atoms. The van der Waals surface area contributed by atoms with Crippen molar-refractivity contribution in [1.82, 2.24) is 10.1 Å². The number of benzene rings is 4. The van der Waals surface area contributed by atoms with Crippen molar-refractivity contribution in [2.24, 2.45) is 0 Å². The molecule has 0 radical (unpaired) electrons. The van der Waals surface area contributed by atoms with Crippen LogP contribution in [0.2, 0.25) is 0 Å². The number of hydrogen-bond donors (Lipinski definition) is 0. The summed E-state index contributed by atoms with van der Waals surface area (Å²) in [5.74, 6) is -6.44. The second-order valence-corrected chi connectivity index (χ2v) is 15.2. The molecule has 0 saturated carbocycles. The molecule has 0 aliphatic carbocycles. The van der Waals surface area contributed by atoms with Gasteiger partial charge in [-0.1, -0.05) is 50.2 Å². The average Bonchev–Trinajstić information content (AvgIpc) is 3.49. The topological polar surface area (TPSA) is 161 Å². The zero-order chi connectivity index (χ0) is 40.5. The third-order valence-electron chi connectivity index (χ3n) is 9.00. The van der Waals surface area contributed by atoms with Gasteiger partial charge < -0.3 is 0 Å². The van der Waals surface area contributed by atoms with E-state index in [0.717, 1.165) is 24.3 Å². The average molecular weight is 811 g/mol. The third kappa shape index (κ3) is 6.37. The van der Waals surface area contributed by atoms with Gasteiger partial charge in [0.1, 0.15) is 0 Å². The van der Waals surface area contributed by atoms with Gasteiger partial charge in [0.2, 0.25) is 5.41 Å². The van der Waals surface area contributed by atoms with Crippen molar-refractivity contribution in [3.8, 4) is 0 Å². The van der Waals surface area contributed by atoms with Gasteiger partial charge in [0, 0.05) is 0 Å². The minimum absolute atomic E-state index is 0.0918. The van der Waals surface area contributed by atoms with Crippen molar-refractivity contribution in [1.29, 1.82) is 0 Å². The van der Waals surface area contributed by atoms with Crippen molar-refractivity contribution in [3.63, 3.8) is 0 Å². The molecule has 2 aliphatic heterocycles. The second kappa shape index (κ2) is 13.4. The zero-order valence-corrected chi connectivity index (χ0v) is 29.7. The second-order valence-electron chi connectivity index (χ2n) is 12.1. The minimum atomic E-state index is -6.32. The Morgan fingerprint density at radius 3 is 1.09 bits per heavy atom. The summed E-state index contributed by atoms with van der Waals surface area (Å²) >= 11 is 0. The highest BCUT2D eigenvalue weighted by Gasteiger charge is 2.73. The van der Waals surface area contributed by atoms with Gasteiger partial charge in [-0.25, -0.2) is 0 Å². The van der Waals surface area contributed by atoms with Crippen molar-refractivity contribution in [2.75, 3.05) is 0 Å². The Morgan fingerprint density at radius 1 is 0.491 bits per heavy atom. The Bertz CT molecular complexity index is 2330. The molecule has 0 saturated heterocycles. The first kappa shape index (κ1) is 39.3. The zero-order valence-electron chi connectivity index (χ0n) is 28.1. The smallest absolute Gasteiger partial charge is 0.266 e. The van der Waals surface area contributed by atoms with Crippen LogP contribution in [0, 0.1) is 0 Å². The predicted octanol–water partition coefficient (Wildman–Crippen LogP) is 6.06. The predicted molar refractivity (Wildman–Crippen MR) is 175 cm³/mol. The first-order valence-electron chi connectivity index (χ1n) is 15.9. The standard InChI is InChI=1S/C35H24F6N2O10S2/c1-3-19-5-11-23(12-6-19)54(48,49)52-42-29(44)25-15-9-21(17-27(25)31(42)46)33(34(36,37)38,35(39,40)41)22-10-16-26-28(18-22)32(47)43(30(26)45)53-55(50,51)24-13-7-20(4-2)8-14-24/h5-18H,3-4H2,1-2H3. The SMILES string of the molecule is CCc1ccc(S(=O)(=O)ON2C(=O)c3ccc(C(c4ccc5c(c4)C(=O)N(OS(=O)(=O)c4ccc(CC)cc4)C5=O)(C(F)(F)F)C(F)(F)F)cc3C2=O)cc1. The van der Waals surface area contributed by atoms with Crippen LogP contribution >= 0.6 is 0 Å². The molecule has 12 nitrogen and oxygen atoms in total.